The summed E-state index contributed by atoms with van der Waals surface area (Å²) in [6.45, 7) is 1.55. The van der Waals surface area contributed by atoms with Gasteiger partial charge in [-0.2, -0.15) is 0 Å². The summed E-state index contributed by atoms with van der Waals surface area (Å²) in [5.74, 6) is -0.904. The van der Waals surface area contributed by atoms with Crippen LogP contribution in [-0.2, 0) is 4.79 Å². The highest BCUT2D eigenvalue weighted by Crippen LogP contribution is 2.02. The molecule has 0 bridgehead atoms. The van der Waals surface area contributed by atoms with E-state index in [1.807, 2.05) is 0 Å². The molecule has 12 heavy (non-hydrogen) atoms. The molecule has 0 fully saturated rings. The van der Waals surface area contributed by atoms with Crippen molar-refractivity contribution in [2.24, 2.45) is 0 Å². The van der Waals surface area contributed by atoms with Crippen molar-refractivity contribution >= 4 is 11.7 Å². The first-order valence-corrected chi connectivity index (χ1v) is 3.44. The molecule has 1 heterocycles. The second-order valence-electron chi connectivity index (χ2n) is 2.33. The molecular formula is C7H9N3O2. The van der Waals surface area contributed by atoms with Crippen molar-refractivity contribution in [2.75, 3.05) is 5.32 Å². The monoisotopic (exact) mass is 167 g/mol. The van der Waals surface area contributed by atoms with E-state index in [-0.39, 0.29) is 0 Å². The number of rotatable bonds is 3. The van der Waals surface area contributed by atoms with E-state index >= 15 is 0 Å². The van der Waals surface area contributed by atoms with Crippen molar-refractivity contribution in [1.82, 2.24) is 9.97 Å². The Labute approximate surface area is 69.5 Å². The van der Waals surface area contributed by atoms with E-state index in [0.29, 0.717) is 5.69 Å². The van der Waals surface area contributed by atoms with Crippen molar-refractivity contribution in [3.63, 3.8) is 0 Å². The maximum Gasteiger partial charge on any atom is 0.325 e. The van der Waals surface area contributed by atoms with Crippen LogP contribution in [0.5, 0.6) is 0 Å². The average Bonchev–Trinajstić information content (AvgIpc) is 2.06. The predicted molar refractivity (Wildman–Crippen MR) is 42.8 cm³/mol. The smallest absolute Gasteiger partial charge is 0.325 e. The lowest BCUT2D eigenvalue weighted by molar-refractivity contribution is -0.137. The van der Waals surface area contributed by atoms with Gasteiger partial charge in [0.15, 0.2) is 0 Å². The van der Waals surface area contributed by atoms with Gasteiger partial charge in [-0.25, -0.2) is 9.97 Å². The molecule has 2 N–H and O–H groups in total. The number of nitrogens with zero attached hydrogens (tertiary/aromatic N) is 2. The Morgan fingerprint density at radius 3 is 2.67 bits per heavy atom. The van der Waals surface area contributed by atoms with E-state index in [1.165, 1.54) is 18.7 Å². The van der Waals surface area contributed by atoms with Gasteiger partial charge in [-0.15, -0.1) is 0 Å². The standard InChI is InChI=1S/C7H9N3O2/c1-5(7(11)12)10-6-2-8-4-9-3-6/h2-5,10H,1H3,(H,11,12). The summed E-state index contributed by atoms with van der Waals surface area (Å²) < 4.78 is 0. The fourth-order valence-corrected chi connectivity index (χ4v) is 0.685. The Balaban J connectivity index is 2.58. The van der Waals surface area contributed by atoms with Crippen molar-refractivity contribution in [3.8, 4) is 0 Å². The van der Waals surface area contributed by atoms with Gasteiger partial charge in [0.2, 0.25) is 0 Å². The van der Waals surface area contributed by atoms with Gasteiger partial charge in [0.1, 0.15) is 12.4 Å². The Kier molecular flexibility index (Phi) is 2.57. The fraction of sp³-hybridized carbons (Fsp3) is 0.286. The summed E-state index contributed by atoms with van der Waals surface area (Å²) in [7, 11) is 0. The molecule has 64 valence electrons. The van der Waals surface area contributed by atoms with Gasteiger partial charge in [-0.05, 0) is 6.92 Å². The van der Waals surface area contributed by atoms with E-state index in [0.717, 1.165) is 0 Å². The average molecular weight is 167 g/mol. The lowest BCUT2D eigenvalue weighted by Crippen LogP contribution is -2.25. The SMILES string of the molecule is CC(Nc1cncnc1)C(=O)O. The summed E-state index contributed by atoms with van der Waals surface area (Å²) >= 11 is 0. The molecule has 1 rings (SSSR count). The molecule has 0 saturated heterocycles. The van der Waals surface area contributed by atoms with Crippen LogP contribution in [0.2, 0.25) is 0 Å². The molecule has 0 spiro atoms. The quantitative estimate of drug-likeness (QED) is 0.679. The van der Waals surface area contributed by atoms with Crippen molar-refractivity contribution < 1.29 is 9.90 Å². The summed E-state index contributed by atoms with van der Waals surface area (Å²) in [4.78, 5) is 17.9. The number of hydrogen-bond donors (Lipinski definition) is 2. The highest BCUT2D eigenvalue weighted by atomic mass is 16.4. The molecule has 0 aliphatic rings. The Morgan fingerprint density at radius 2 is 2.17 bits per heavy atom. The number of carbonyl (C=O) groups is 1. The number of hydrogen-bond acceptors (Lipinski definition) is 4. The van der Waals surface area contributed by atoms with Gasteiger partial charge >= 0.3 is 5.97 Å². The van der Waals surface area contributed by atoms with E-state index in [9.17, 15) is 4.79 Å². The molecule has 1 aromatic rings. The lowest BCUT2D eigenvalue weighted by Gasteiger charge is -2.08. The van der Waals surface area contributed by atoms with Crippen LogP contribution in [0.15, 0.2) is 18.7 Å². The summed E-state index contributed by atoms with van der Waals surface area (Å²) in [6, 6.07) is -0.629. The molecule has 0 radical (unpaired) electrons. The van der Waals surface area contributed by atoms with E-state index in [4.69, 9.17) is 5.11 Å². The highest BCUT2D eigenvalue weighted by molar-refractivity contribution is 5.76. The summed E-state index contributed by atoms with van der Waals surface area (Å²) in [5.41, 5.74) is 0.604. The van der Waals surface area contributed by atoms with Crippen LogP contribution in [-0.4, -0.2) is 27.1 Å². The Bertz CT molecular complexity index is 263. The normalized spacial score (nSPS) is 12.1. The minimum absolute atomic E-state index is 0.604. The van der Waals surface area contributed by atoms with Gasteiger partial charge in [0.25, 0.3) is 0 Å². The Morgan fingerprint density at radius 1 is 1.58 bits per heavy atom. The number of carboxylic acids is 1. The second kappa shape index (κ2) is 3.66. The maximum absolute atomic E-state index is 10.4. The summed E-state index contributed by atoms with van der Waals surface area (Å²) in [6.07, 6.45) is 4.43. The zero-order chi connectivity index (χ0) is 8.97. The van der Waals surface area contributed by atoms with Crippen LogP contribution in [0, 0.1) is 0 Å². The summed E-state index contributed by atoms with van der Waals surface area (Å²) in [5, 5.41) is 11.3. The molecule has 5 heteroatoms. The molecule has 5 nitrogen and oxygen atoms in total. The molecule has 0 aliphatic heterocycles. The Hall–Kier alpha value is -1.65. The van der Waals surface area contributed by atoms with Gasteiger partial charge in [-0.3, -0.25) is 4.79 Å². The van der Waals surface area contributed by atoms with Crippen LogP contribution >= 0.6 is 0 Å². The first-order chi connectivity index (χ1) is 5.70. The van der Waals surface area contributed by atoms with Crippen LogP contribution in [0.3, 0.4) is 0 Å². The van der Waals surface area contributed by atoms with Crippen molar-refractivity contribution in [2.45, 2.75) is 13.0 Å². The second-order valence-corrected chi connectivity index (χ2v) is 2.33. The molecule has 1 atom stereocenters. The van der Waals surface area contributed by atoms with Crippen LogP contribution < -0.4 is 5.32 Å². The van der Waals surface area contributed by atoms with E-state index in [2.05, 4.69) is 15.3 Å². The third-order valence-electron chi connectivity index (χ3n) is 1.31. The van der Waals surface area contributed by atoms with Crippen molar-refractivity contribution in [1.29, 1.82) is 0 Å². The van der Waals surface area contributed by atoms with Gasteiger partial charge in [0.05, 0.1) is 18.1 Å². The minimum atomic E-state index is -0.904. The zero-order valence-corrected chi connectivity index (χ0v) is 6.56. The first-order valence-electron chi connectivity index (χ1n) is 3.44. The molecule has 0 aliphatic carbocycles. The van der Waals surface area contributed by atoms with E-state index in [1.54, 1.807) is 6.92 Å². The third-order valence-corrected chi connectivity index (χ3v) is 1.31. The number of aromatic nitrogens is 2. The van der Waals surface area contributed by atoms with Crippen LogP contribution in [0.1, 0.15) is 6.92 Å². The topological polar surface area (TPSA) is 75.1 Å². The maximum atomic E-state index is 10.4. The minimum Gasteiger partial charge on any atom is -0.480 e. The number of anilines is 1. The highest BCUT2D eigenvalue weighted by Gasteiger charge is 2.09. The molecule has 0 saturated carbocycles. The van der Waals surface area contributed by atoms with Gasteiger partial charge in [0, 0.05) is 0 Å². The van der Waals surface area contributed by atoms with Crippen LogP contribution in [0.25, 0.3) is 0 Å². The van der Waals surface area contributed by atoms with Crippen LogP contribution in [0.4, 0.5) is 5.69 Å². The predicted octanol–water partition coefficient (Wildman–Crippen LogP) is 0.362. The zero-order valence-electron chi connectivity index (χ0n) is 6.56. The first kappa shape index (κ1) is 8.45. The third kappa shape index (κ3) is 2.19. The number of nitrogens with one attached hydrogen (secondary N) is 1. The van der Waals surface area contributed by atoms with Gasteiger partial charge in [-0.1, -0.05) is 0 Å². The largest absolute Gasteiger partial charge is 0.480 e. The number of carboxylic acid groups (broad SMARTS) is 1. The van der Waals surface area contributed by atoms with Gasteiger partial charge < -0.3 is 10.4 Å². The molecule has 0 amide bonds. The molecule has 1 unspecified atom stereocenters. The molecule has 0 aromatic carbocycles. The molecular weight excluding hydrogens is 158 g/mol. The fourth-order valence-electron chi connectivity index (χ4n) is 0.685. The van der Waals surface area contributed by atoms with Crippen molar-refractivity contribution in [3.05, 3.63) is 18.7 Å². The molecule has 1 aromatic heterocycles. The lowest BCUT2D eigenvalue weighted by atomic mass is 10.3. The van der Waals surface area contributed by atoms with E-state index < -0.39 is 12.0 Å². The number of aliphatic carboxylic acids is 1.